The Morgan fingerprint density at radius 2 is 2.11 bits per heavy atom. The molecule has 0 fully saturated rings. The Morgan fingerprint density at radius 3 is 2.56 bits per heavy atom. The second-order valence-electron chi connectivity index (χ2n) is 3.47. The maximum absolute atomic E-state index is 12.1. The topological polar surface area (TPSA) is 119 Å². The predicted molar refractivity (Wildman–Crippen MR) is 66.4 cm³/mol. The van der Waals surface area contributed by atoms with Crippen LogP contribution in [-0.2, 0) is 10.0 Å². The van der Waals surface area contributed by atoms with Gasteiger partial charge in [-0.25, -0.2) is 12.7 Å². The second kappa shape index (κ2) is 5.29. The lowest BCUT2D eigenvalue weighted by molar-refractivity contribution is -0.386. The number of rotatable bonds is 5. The molecule has 8 nitrogen and oxygen atoms in total. The maximum Gasteiger partial charge on any atom is 0.313 e. The molecule has 0 unspecified atom stereocenters. The summed E-state index contributed by atoms with van der Waals surface area (Å²) in [6.07, 6.45) is 0. The zero-order chi connectivity index (χ0) is 13.9. The molecule has 18 heavy (non-hydrogen) atoms. The van der Waals surface area contributed by atoms with Crippen molar-refractivity contribution >= 4 is 21.4 Å². The molecule has 0 aromatic heterocycles. The largest absolute Gasteiger partial charge is 0.318 e. The number of nitrogens with two attached hydrogens (primary N) is 1. The van der Waals surface area contributed by atoms with Gasteiger partial charge in [0.1, 0.15) is 5.69 Å². The summed E-state index contributed by atoms with van der Waals surface area (Å²) in [6.45, 7) is 1.84. The molecule has 3 N–H and O–H groups in total. The Labute approximate surface area is 105 Å². The van der Waals surface area contributed by atoms with Gasteiger partial charge in [0.15, 0.2) is 4.90 Å². The normalized spacial score (nSPS) is 11.6. The first-order valence-electron chi connectivity index (χ1n) is 5.06. The van der Waals surface area contributed by atoms with Gasteiger partial charge >= 0.3 is 5.69 Å². The molecule has 0 bridgehead atoms. The van der Waals surface area contributed by atoms with Crippen molar-refractivity contribution in [2.75, 3.05) is 19.0 Å². The fourth-order valence-corrected chi connectivity index (χ4v) is 2.73. The van der Waals surface area contributed by atoms with E-state index in [1.165, 1.54) is 25.2 Å². The number of hydrazine groups is 1. The summed E-state index contributed by atoms with van der Waals surface area (Å²) in [5.41, 5.74) is 1.52. The third kappa shape index (κ3) is 2.42. The first kappa shape index (κ1) is 14.4. The van der Waals surface area contributed by atoms with Crippen LogP contribution in [-0.4, -0.2) is 31.2 Å². The molecule has 1 aromatic carbocycles. The third-order valence-corrected chi connectivity index (χ3v) is 4.43. The van der Waals surface area contributed by atoms with Crippen molar-refractivity contribution < 1.29 is 13.3 Å². The van der Waals surface area contributed by atoms with E-state index in [2.05, 4.69) is 5.43 Å². The van der Waals surface area contributed by atoms with Crippen molar-refractivity contribution in [3.05, 3.63) is 28.3 Å². The highest BCUT2D eigenvalue weighted by molar-refractivity contribution is 7.89. The zero-order valence-electron chi connectivity index (χ0n) is 9.95. The summed E-state index contributed by atoms with van der Waals surface area (Å²) in [4.78, 5) is 9.83. The third-order valence-electron chi connectivity index (χ3n) is 2.47. The Morgan fingerprint density at radius 1 is 1.50 bits per heavy atom. The van der Waals surface area contributed by atoms with E-state index in [1.807, 2.05) is 0 Å². The van der Waals surface area contributed by atoms with Crippen molar-refractivity contribution in [2.24, 2.45) is 5.84 Å². The summed E-state index contributed by atoms with van der Waals surface area (Å²) in [6, 6.07) is 3.90. The van der Waals surface area contributed by atoms with Gasteiger partial charge in [-0.1, -0.05) is 13.0 Å². The highest BCUT2D eigenvalue weighted by Gasteiger charge is 2.31. The molecule has 1 rings (SSSR count). The van der Waals surface area contributed by atoms with E-state index in [-0.39, 0.29) is 17.1 Å². The van der Waals surface area contributed by atoms with Crippen LogP contribution in [0.4, 0.5) is 11.4 Å². The summed E-state index contributed by atoms with van der Waals surface area (Å²) in [5.74, 6) is 5.15. The first-order chi connectivity index (χ1) is 8.36. The van der Waals surface area contributed by atoms with E-state index in [0.717, 1.165) is 4.31 Å². The molecule has 1 aromatic rings. The Kier molecular flexibility index (Phi) is 4.22. The minimum Gasteiger partial charge on any atom is -0.318 e. The number of anilines is 1. The van der Waals surface area contributed by atoms with Crippen LogP contribution < -0.4 is 11.3 Å². The van der Waals surface area contributed by atoms with Gasteiger partial charge in [0.25, 0.3) is 0 Å². The summed E-state index contributed by atoms with van der Waals surface area (Å²) in [5, 5.41) is 11.0. The molecule has 0 saturated carbocycles. The standard InChI is InChI=1S/C9H14N4O4S/c1-3-12(2)18(16,17)8-6-4-5-7(11-10)9(8)13(14)15/h4-6,11H,3,10H2,1-2H3. The minimum absolute atomic E-state index is 0.0504. The van der Waals surface area contributed by atoms with Crippen LogP contribution in [0, 0.1) is 10.1 Å². The predicted octanol–water partition coefficient (Wildman–Crippen LogP) is 0.521. The van der Waals surface area contributed by atoms with Crippen molar-refractivity contribution in [1.29, 1.82) is 0 Å². The van der Waals surface area contributed by atoms with Gasteiger partial charge in [-0.05, 0) is 12.1 Å². The number of nitrogen functional groups attached to an aromatic ring is 1. The lowest BCUT2D eigenvalue weighted by atomic mass is 10.3. The lowest BCUT2D eigenvalue weighted by Crippen LogP contribution is -2.27. The van der Waals surface area contributed by atoms with E-state index < -0.39 is 20.6 Å². The maximum atomic E-state index is 12.1. The minimum atomic E-state index is -3.90. The Balaban J connectivity index is 3.56. The van der Waals surface area contributed by atoms with Crippen LogP contribution in [0.3, 0.4) is 0 Å². The number of benzene rings is 1. The van der Waals surface area contributed by atoms with Crippen LogP contribution >= 0.6 is 0 Å². The number of nitrogens with zero attached hydrogens (tertiary/aromatic N) is 2. The van der Waals surface area contributed by atoms with Gasteiger partial charge in [0.2, 0.25) is 10.0 Å². The second-order valence-corrected chi connectivity index (χ2v) is 5.49. The van der Waals surface area contributed by atoms with Crippen LogP contribution in [0.5, 0.6) is 0 Å². The number of nitrogens with one attached hydrogen (secondary N) is 1. The van der Waals surface area contributed by atoms with Gasteiger partial charge < -0.3 is 5.43 Å². The number of para-hydroxylation sites is 1. The van der Waals surface area contributed by atoms with Gasteiger partial charge in [0.05, 0.1) is 4.92 Å². The molecule has 0 amide bonds. The smallest absolute Gasteiger partial charge is 0.313 e. The van der Waals surface area contributed by atoms with Crippen LogP contribution in [0.15, 0.2) is 23.1 Å². The average Bonchev–Trinajstić information content (AvgIpc) is 2.36. The molecule has 0 atom stereocenters. The highest BCUT2D eigenvalue weighted by atomic mass is 32.2. The highest BCUT2D eigenvalue weighted by Crippen LogP contribution is 2.32. The van der Waals surface area contributed by atoms with Gasteiger partial charge in [-0.3, -0.25) is 16.0 Å². The van der Waals surface area contributed by atoms with Crippen molar-refractivity contribution in [3.8, 4) is 0 Å². The first-order valence-corrected chi connectivity index (χ1v) is 6.50. The molecular weight excluding hydrogens is 260 g/mol. The van der Waals surface area contributed by atoms with Gasteiger partial charge in [-0.15, -0.1) is 0 Å². The summed E-state index contributed by atoms with van der Waals surface area (Å²) >= 11 is 0. The summed E-state index contributed by atoms with van der Waals surface area (Å²) < 4.78 is 25.2. The molecule has 0 aliphatic rings. The van der Waals surface area contributed by atoms with E-state index in [4.69, 9.17) is 5.84 Å². The molecule has 9 heteroatoms. The lowest BCUT2D eigenvalue weighted by Gasteiger charge is -2.15. The van der Waals surface area contributed by atoms with Gasteiger partial charge in [0, 0.05) is 13.6 Å². The number of hydrogen-bond acceptors (Lipinski definition) is 6. The molecule has 100 valence electrons. The van der Waals surface area contributed by atoms with Crippen molar-refractivity contribution in [2.45, 2.75) is 11.8 Å². The van der Waals surface area contributed by atoms with Crippen LogP contribution in [0.1, 0.15) is 6.92 Å². The summed E-state index contributed by atoms with van der Waals surface area (Å²) in [7, 11) is -2.55. The molecule has 0 aliphatic heterocycles. The number of nitro benzene ring substituents is 1. The molecule has 0 spiro atoms. The number of sulfonamides is 1. The monoisotopic (exact) mass is 274 g/mol. The number of nitro groups is 1. The van der Waals surface area contributed by atoms with E-state index in [0.29, 0.717) is 0 Å². The quantitative estimate of drug-likeness (QED) is 0.459. The SMILES string of the molecule is CCN(C)S(=O)(=O)c1cccc(NN)c1[N+](=O)[O-]. The molecule has 0 radical (unpaired) electrons. The Hall–Kier alpha value is -1.71. The molecular formula is C9H14N4O4S. The zero-order valence-corrected chi connectivity index (χ0v) is 10.8. The van der Waals surface area contributed by atoms with Gasteiger partial charge in [-0.2, -0.15) is 0 Å². The molecule has 0 heterocycles. The van der Waals surface area contributed by atoms with E-state index in [1.54, 1.807) is 6.92 Å². The van der Waals surface area contributed by atoms with Crippen LogP contribution in [0.2, 0.25) is 0 Å². The fraction of sp³-hybridized carbons (Fsp3) is 0.333. The van der Waals surface area contributed by atoms with E-state index in [9.17, 15) is 18.5 Å². The number of hydrogen-bond donors (Lipinski definition) is 2. The van der Waals surface area contributed by atoms with Crippen molar-refractivity contribution in [3.63, 3.8) is 0 Å². The molecule has 0 aliphatic carbocycles. The van der Waals surface area contributed by atoms with Crippen molar-refractivity contribution in [1.82, 2.24) is 4.31 Å². The molecule has 0 saturated heterocycles. The Bertz CT molecular complexity index is 558. The van der Waals surface area contributed by atoms with Crippen LogP contribution in [0.25, 0.3) is 0 Å². The fourth-order valence-electron chi connectivity index (χ4n) is 1.37. The van der Waals surface area contributed by atoms with E-state index >= 15 is 0 Å². The average molecular weight is 274 g/mol.